The third-order valence-corrected chi connectivity index (χ3v) is 3.81. The third-order valence-electron chi connectivity index (χ3n) is 3.09. The lowest BCUT2D eigenvalue weighted by atomic mass is 10.1. The highest BCUT2D eigenvalue weighted by molar-refractivity contribution is 14.1. The van der Waals surface area contributed by atoms with E-state index in [1.54, 1.807) is 30.3 Å². The number of ketones is 2. The van der Waals surface area contributed by atoms with Crippen LogP contribution < -0.4 is 0 Å². The van der Waals surface area contributed by atoms with E-state index in [2.05, 4.69) is 22.6 Å². The first-order valence-electron chi connectivity index (χ1n) is 5.82. The number of Topliss-reactive ketones (excluding diaryl/α,β-unsaturated/α-hetero) is 2. The van der Waals surface area contributed by atoms with E-state index in [1.807, 2.05) is 24.3 Å². The highest BCUT2D eigenvalue weighted by Crippen LogP contribution is 2.27. The van der Waals surface area contributed by atoms with Gasteiger partial charge in [0.15, 0.2) is 11.6 Å². The molecule has 0 saturated heterocycles. The Morgan fingerprint density at radius 1 is 0.789 bits per heavy atom. The molecule has 1 aliphatic rings. The fourth-order valence-corrected chi connectivity index (χ4v) is 2.49. The molecule has 0 bridgehead atoms. The van der Waals surface area contributed by atoms with E-state index in [4.69, 9.17) is 0 Å². The molecule has 0 aliphatic heterocycles. The summed E-state index contributed by atoms with van der Waals surface area (Å²) in [6.45, 7) is 0. The van der Waals surface area contributed by atoms with Crippen molar-refractivity contribution in [3.8, 4) is 0 Å². The molecule has 2 aromatic carbocycles. The quantitative estimate of drug-likeness (QED) is 0.441. The second-order valence-electron chi connectivity index (χ2n) is 4.31. The van der Waals surface area contributed by atoms with E-state index >= 15 is 0 Å². The van der Waals surface area contributed by atoms with Crippen LogP contribution in [0.25, 0.3) is 6.08 Å². The number of halogens is 1. The zero-order valence-electron chi connectivity index (χ0n) is 9.89. The van der Waals surface area contributed by atoms with Gasteiger partial charge in [0, 0.05) is 14.7 Å². The third kappa shape index (κ3) is 2.14. The van der Waals surface area contributed by atoms with Crippen LogP contribution in [0, 0.1) is 3.57 Å². The molecule has 0 spiro atoms. The van der Waals surface area contributed by atoms with E-state index in [0.29, 0.717) is 11.1 Å². The summed E-state index contributed by atoms with van der Waals surface area (Å²) in [6, 6.07) is 14.6. The van der Waals surface area contributed by atoms with Crippen molar-refractivity contribution in [2.24, 2.45) is 0 Å². The number of hydrogen-bond acceptors (Lipinski definition) is 2. The van der Waals surface area contributed by atoms with Gasteiger partial charge in [0.25, 0.3) is 0 Å². The minimum Gasteiger partial charge on any atom is -0.288 e. The van der Waals surface area contributed by atoms with Crippen molar-refractivity contribution in [2.75, 3.05) is 0 Å². The van der Waals surface area contributed by atoms with Gasteiger partial charge in [-0.05, 0) is 46.4 Å². The van der Waals surface area contributed by atoms with Crippen molar-refractivity contribution in [1.82, 2.24) is 0 Å². The molecule has 0 atom stereocenters. The van der Waals surface area contributed by atoms with E-state index < -0.39 is 0 Å². The summed E-state index contributed by atoms with van der Waals surface area (Å²) in [5.41, 5.74) is 2.13. The molecule has 2 aromatic rings. The molecule has 0 heterocycles. The Hall–Kier alpha value is -1.75. The Morgan fingerprint density at radius 3 is 1.84 bits per heavy atom. The van der Waals surface area contributed by atoms with E-state index in [-0.39, 0.29) is 17.1 Å². The second-order valence-corrected chi connectivity index (χ2v) is 5.56. The van der Waals surface area contributed by atoms with Gasteiger partial charge in [0.1, 0.15) is 0 Å². The molecule has 19 heavy (non-hydrogen) atoms. The number of fused-ring (bicyclic) bond motifs is 1. The van der Waals surface area contributed by atoms with Gasteiger partial charge in [-0.3, -0.25) is 9.59 Å². The second kappa shape index (κ2) is 4.74. The largest absolute Gasteiger partial charge is 0.288 e. The highest BCUT2D eigenvalue weighted by Gasteiger charge is 2.32. The van der Waals surface area contributed by atoms with Crippen LogP contribution >= 0.6 is 22.6 Å². The molecule has 1 aliphatic carbocycles. The van der Waals surface area contributed by atoms with Gasteiger partial charge in [-0.15, -0.1) is 0 Å². The van der Waals surface area contributed by atoms with Gasteiger partial charge >= 0.3 is 0 Å². The number of carbonyl (C=O) groups is 2. The van der Waals surface area contributed by atoms with E-state index in [0.717, 1.165) is 9.13 Å². The minimum absolute atomic E-state index is 0.181. The smallest absolute Gasteiger partial charge is 0.197 e. The molecule has 0 fully saturated rings. The van der Waals surface area contributed by atoms with Crippen LogP contribution in [-0.2, 0) is 0 Å². The highest BCUT2D eigenvalue weighted by atomic mass is 127. The van der Waals surface area contributed by atoms with E-state index in [9.17, 15) is 9.59 Å². The molecule has 0 aromatic heterocycles. The summed E-state index contributed by atoms with van der Waals surface area (Å²) in [6.07, 6.45) is 1.67. The van der Waals surface area contributed by atoms with E-state index in [1.165, 1.54) is 0 Å². The Bertz CT molecular complexity index is 675. The van der Waals surface area contributed by atoms with Crippen LogP contribution in [0.2, 0.25) is 0 Å². The zero-order chi connectivity index (χ0) is 13.4. The molecule has 92 valence electrons. The van der Waals surface area contributed by atoms with Crippen LogP contribution in [0.15, 0.2) is 54.1 Å². The van der Waals surface area contributed by atoms with Gasteiger partial charge < -0.3 is 0 Å². The molecule has 0 N–H and O–H groups in total. The Balaban J connectivity index is 2.07. The maximum Gasteiger partial charge on any atom is 0.197 e. The summed E-state index contributed by atoms with van der Waals surface area (Å²) in [5.74, 6) is -0.363. The van der Waals surface area contributed by atoms with Crippen LogP contribution in [0.4, 0.5) is 0 Å². The number of benzene rings is 2. The van der Waals surface area contributed by atoms with Crippen LogP contribution in [0.5, 0.6) is 0 Å². The lowest BCUT2D eigenvalue weighted by Crippen LogP contribution is -2.00. The Kier molecular flexibility index (Phi) is 3.06. The van der Waals surface area contributed by atoms with Crippen LogP contribution in [-0.4, -0.2) is 11.6 Å². The molecule has 0 amide bonds. The normalized spacial score (nSPS) is 13.6. The van der Waals surface area contributed by atoms with Gasteiger partial charge in [-0.1, -0.05) is 36.4 Å². The Labute approximate surface area is 124 Å². The maximum absolute atomic E-state index is 12.2. The summed E-state index contributed by atoms with van der Waals surface area (Å²) in [7, 11) is 0. The molecular weight excluding hydrogens is 351 g/mol. The van der Waals surface area contributed by atoms with Crippen LogP contribution in [0.3, 0.4) is 0 Å². The molecule has 0 saturated carbocycles. The maximum atomic E-state index is 12.2. The molecule has 0 unspecified atom stereocenters. The van der Waals surface area contributed by atoms with Crippen LogP contribution in [0.1, 0.15) is 26.3 Å². The fourth-order valence-electron chi connectivity index (χ4n) is 2.13. The SMILES string of the molecule is O=C1C(=Cc2ccc(I)cc2)C(=O)c2ccccc21. The Morgan fingerprint density at radius 2 is 1.32 bits per heavy atom. The summed E-state index contributed by atoms with van der Waals surface area (Å²) in [4.78, 5) is 24.4. The number of carbonyl (C=O) groups excluding carboxylic acids is 2. The lowest BCUT2D eigenvalue weighted by Gasteiger charge is -1.96. The average molecular weight is 360 g/mol. The molecule has 3 rings (SSSR count). The summed E-state index contributed by atoms with van der Waals surface area (Å²) in [5, 5.41) is 0. The van der Waals surface area contributed by atoms with Crippen molar-refractivity contribution in [2.45, 2.75) is 0 Å². The molecular formula is C16H9IO2. The number of allylic oxidation sites excluding steroid dienone is 1. The topological polar surface area (TPSA) is 34.1 Å². The standard InChI is InChI=1S/C16H9IO2/c17-11-7-5-10(6-8-11)9-14-15(18)12-3-1-2-4-13(12)16(14)19/h1-9H. The van der Waals surface area contributed by atoms with Crippen molar-refractivity contribution < 1.29 is 9.59 Å². The van der Waals surface area contributed by atoms with Gasteiger partial charge in [-0.2, -0.15) is 0 Å². The summed E-state index contributed by atoms with van der Waals surface area (Å²) < 4.78 is 1.12. The van der Waals surface area contributed by atoms with Gasteiger partial charge in [0.2, 0.25) is 0 Å². The first kappa shape index (κ1) is 12.3. The van der Waals surface area contributed by atoms with Gasteiger partial charge in [-0.25, -0.2) is 0 Å². The predicted molar refractivity (Wildman–Crippen MR) is 82.2 cm³/mol. The summed E-state index contributed by atoms with van der Waals surface area (Å²) >= 11 is 2.21. The first-order chi connectivity index (χ1) is 9.16. The van der Waals surface area contributed by atoms with Crippen molar-refractivity contribution >= 4 is 40.2 Å². The molecule has 3 heteroatoms. The van der Waals surface area contributed by atoms with Gasteiger partial charge in [0.05, 0.1) is 5.57 Å². The molecule has 2 nitrogen and oxygen atoms in total. The zero-order valence-corrected chi connectivity index (χ0v) is 12.0. The van der Waals surface area contributed by atoms with Crippen molar-refractivity contribution in [3.05, 3.63) is 74.4 Å². The number of hydrogen-bond donors (Lipinski definition) is 0. The lowest BCUT2D eigenvalue weighted by molar-refractivity contribution is 0.0990. The predicted octanol–water partition coefficient (Wildman–Crippen LogP) is 3.75. The minimum atomic E-state index is -0.181. The fraction of sp³-hybridized carbons (Fsp3) is 0. The van der Waals surface area contributed by atoms with Crippen molar-refractivity contribution in [1.29, 1.82) is 0 Å². The average Bonchev–Trinajstić information content (AvgIpc) is 2.67. The van der Waals surface area contributed by atoms with Crippen molar-refractivity contribution in [3.63, 3.8) is 0 Å². The number of rotatable bonds is 1. The monoisotopic (exact) mass is 360 g/mol. The molecule has 0 radical (unpaired) electrons. The first-order valence-corrected chi connectivity index (χ1v) is 6.90.